The Hall–Kier alpha value is -0.780. The lowest BCUT2D eigenvalue weighted by atomic mass is 10.2. The van der Waals surface area contributed by atoms with Crippen LogP contribution in [-0.4, -0.2) is 36.1 Å². The summed E-state index contributed by atoms with van der Waals surface area (Å²) < 4.78 is 10.0. The molecule has 0 rings (SSSR count). The first kappa shape index (κ1) is 18.2. The van der Waals surface area contributed by atoms with Crippen molar-refractivity contribution >= 4 is 28.0 Å². The molecular formula is C13H24BrNO4. The van der Waals surface area contributed by atoms with Gasteiger partial charge in [-0.05, 0) is 33.6 Å². The van der Waals surface area contributed by atoms with Crippen molar-refractivity contribution in [2.45, 2.75) is 52.1 Å². The maximum Gasteiger partial charge on any atom is 0.407 e. The Morgan fingerprint density at radius 1 is 1.16 bits per heavy atom. The molecule has 5 nitrogen and oxygen atoms in total. The molecule has 0 radical (unpaired) electrons. The Kier molecular flexibility index (Phi) is 9.65. The summed E-state index contributed by atoms with van der Waals surface area (Å²) in [5.41, 5.74) is -0.469. The molecule has 0 aromatic rings. The number of hydrogen-bond acceptors (Lipinski definition) is 4. The zero-order chi connectivity index (χ0) is 14.7. The number of alkyl halides is 1. The molecule has 0 aliphatic heterocycles. The molecule has 6 heteroatoms. The van der Waals surface area contributed by atoms with Crippen LogP contribution in [0.2, 0.25) is 0 Å². The molecule has 1 N–H and O–H groups in total. The van der Waals surface area contributed by atoms with Gasteiger partial charge in [0.15, 0.2) is 0 Å². The first-order valence-corrected chi connectivity index (χ1v) is 7.66. The molecule has 0 aliphatic rings. The van der Waals surface area contributed by atoms with Crippen LogP contribution in [0.3, 0.4) is 0 Å². The maximum atomic E-state index is 11.3. The molecule has 0 heterocycles. The van der Waals surface area contributed by atoms with E-state index in [1.54, 1.807) is 0 Å². The first-order chi connectivity index (χ1) is 8.85. The second-order valence-electron chi connectivity index (χ2n) is 5.15. The Labute approximate surface area is 123 Å². The molecule has 0 bridgehead atoms. The van der Waals surface area contributed by atoms with Crippen LogP contribution in [0, 0.1) is 0 Å². The highest BCUT2D eigenvalue weighted by molar-refractivity contribution is 9.09. The number of esters is 1. The van der Waals surface area contributed by atoms with Gasteiger partial charge in [0.2, 0.25) is 0 Å². The van der Waals surface area contributed by atoms with Crippen LogP contribution in [0.5, 0.6) is 0 Å². The van der Waals surface area contributed by atoms with E-state index >= 15 is 0 Å². The number of carbonyl (C=O) groups is 2. The SMILES string of the molecule is CC(C)(C)OC(=O)NCCCCCC(=O)OCCBr. The number of carbonyl (C=O) groups excluding carboxylic acids is 2. The second-order valence-corrected chi connectivity index (χ2v) is 5.94. The summed E-state index contributed by atoms with van der Waals surface area (Å²) in [4.78, 5) is 22.5. The monoisotopic (exact) mass is 337 g/mol. The molecule has 0 spiro atoms. The third-order valence-corrected chi connectivity index (χ3v) is 2.39. The largest absolute Gasteiger partial charge is 0.465 e. The highest BCUT2D eigenvalue weighted by atomic mass is 79.9. The van der Waals surface area contributed by atoms with Crippen LogP contribution in [0.4, 0.5) is 4.79 Å². The predicted octanol–water partition coefficient (Wildman–Crippen LogP) is 3.01. The Bertz CT molecular complexity index is 276. The third-order valence-electron chi connectivity index (χ3n) is 2.07. The van der Waals surface area contributed by atoms with Gasteiger partial charge >= 0.3 is 12.1 Å². The lowest BCUT2D eigenvalue weighted by Crippen LogP contribution is -2.32. The topological polar surface area (TPSA) is 64.6 Å². The van der Waals surface area contributed by atoms with E-state index in [0.29, 0.717) is 24.9 Å². The normalized spacial score (nSPS) is 10.9. The van der Waals surface area contributed by atoms with E-state index < -0.39 is 11.7 Å². The second kappa shape index (κ2) is 10.1. The van der Waals surface area contributed by atoms with Gasteiger partial charge in [0.1, 0.15) is 12.2 Å². The molecular weight excluding hydrogens is 314 g/mol. The molecule has 1 amide bonds. The van der Waals surface area contributed by atoms with Crippen molar-refractivity contribution in [3.05, 3.63) is 0 Å². The van der Waals surface area contributed by atoms with Gasteiger partial charge < -0.3 is 14.8 Å². The molecule has 0 atom stereocenters. The molecule has 19 heavy (non-hydrogen) atoms. The van der Waals surface area contributed by atoms with Crippen LogP contribution >= 0.6 is 15.9 Å². The Morgan fingerprint density at radius 3 is 2.42 bits per heavy atom. The number of rotatable bonds is 8. The highest BCUT2D eigenvalue weighted by Gasteiger charge is 2.15. The van der Waals surface area contributed by atoms with Gasteiger partial charge in [0.25, 0.3) is 0 Å². The fourth-order valence-electron chi connectivity index (χ4n) is 1.30. The van der Waals surface area contributed by atoms with Crippen LogP contribution in [0.25, 0.3) is 0 Å². The van der Waals surface area contributed by atoms with Crippen molar-refractivity contribution in [2.24, 2.45) is 0 Å². The summed E-state index contributed by atoms with van der Waals surface area (Å²) >= 11 is 3.19. The van der Waals surface area contributed by atoms with Crippen LogP contribution < -0.4 is 5.32 Å². The number of hydrogen-bond donors (Lipinski definition) is 1. The van der Waals surface area contributed by atoms with E-state index in [9.17, 15) is 9.59 Å². The van der Waals surface area contributed by atoms with Gasteiger partial charge in [0.05, 0.1) is 0 Å². The minimum Gasteiger partial charge on any atom is -0.465 e. The number of unbranched alkanes of at least 4 members (excludes halogenated alkanes) is 2. The van der Waals surface area contributed by atoms with E-state index in [4.69, 9.17) is 9.47 Å². The third kappa shape index (κ3) is 13.5. The molecule has 0 saturated carbocycles. The molecule has 0 aromatic carbocycles. The summed E-state index contributed by atoms with van der Waals surface area (Å²) in [6.07, 6.45) is 2.50. The average molecular weight is 338 g/mol. The minimum absolute atomic E-state index is 0.167. The van der Waals surface area contributed by atoms with Gasteiger partial charge in [-0.15, -0.1) is 0 Å². The zero-order valence-electron chi connectivity index (χ0n) is 12.0. The van der Waals surface area contributed by atoms with Crippen molar-refractivity contribution in [3.63, 3.8) is 0 Å². The van der Waals surface area contributed by atoms with Crippen molar-refractivity contribution in [2.75, 3.05) is 18.5 Å². The van der Waals surface area contributed by atoms with Gasteiger partial charge in [-0.1, -0.05) is 22.4 Å². The Balaban J connectivity index is 3.41. The van der Waals surface area contributed by atoms with Gasteiger partial charge in [-0.3, -0.25) is 4.79 Å². The summed E-state index contributed by atoms with van der Waals surface area (Å²) in [6.45, 7) is 6.45. The maximum absolute atomic E-state index is 11.3. The number of ether oxygens (including phenoxy) is 2. The predicted molar refractivity (Wildman–Crippen MR) is 77.5 cm³/mol. The summed E-state index contributed by atoms with van der Waals surface area (Å²) in [7, 11) is 0. The minimum atomic E-state index is -0.469. The molecule has 0 saturated heterocycles. The summed E-state index contributed by atoms with van der Waals surface area (Å²) in [6, 6.07) is 0. The molecule has 0 unspecified atom stereocenters. The number of alkyl carbamates (subject to hydrolysis) is 1. The summed E-state index contributed by atoms with van der Waals surface area (Å²) in [5.74, 6) is -0.167. The zero-order valence-corrected chi connectivity index (χ0v) is 13.5. The van der Waals surface area contributed by atoms with Crippen molar-refractivity contribution < 1.29 is 19.1 Å². The van der Waals surface area contributed by atoms with E-state index in [2.05, 4.69) is 21.2 Å². The van der Waals surface area contributed by atoms with E-state index in [1.807, 2.05) is 20.8 Å². The lowest BCUT2D eigenvalue weighted by Gasteiger charge is -2.19. The fourth-order valence-corrected chi connectivity index (χ4v) is 1.46. The number of nitrogens with one attached hydrogen (secondary N) is 1. The van der Waals surface area contributed by atoms with E-state index in [1.165, 1.54) is 0 Å². The van der Waals surface area contributed by atoms with Crippen molar-refractivity contribution in [1.29, 1.82) is 0 Å². The average Bonchev–Trinajstić information content (AvgIpc) is 2.28. The fraction of sp³-hybridized carbons (Fsp3) is 0.846. The lowest BCUT2D eigenvalue weighted by molar-refractivity contribution is -0.143. The van der Waals surface area contributed by atoms with Gasteiger partial charge in [-0.2, -0.15) is 0 Å². The summed E-state index contributed by atoms with van der Waals surface area (Å²) in [5, 5.41) is 3.34. The molecule has 0 fully saturated rings. The molecule has 0 aliphatic carbocycles. The van der Waals surface area contributed by atoms with Crippen molar-refractivity contribution in [1.82, 2.24) is 5.32 Å². The first-order valence-electron chi connectivity index (χ1n) is 6.53. The standard InChI is InChI=1S/C13H24BrNO4/c1-13(2,3)19-12(17)15-9-6-4-5-7-11(16)18-10-8-14/h4-10H2,1-3H3,(H,15,17). The number of halogens is 1. The molecule has 0 aromatic heterocycles. The van der Waals surface area contributed by atoms with E-state index in [-0.39, 0.29) is 5.97 Å². The smallest absolute Gasteiger partial charge is 0.407 e. The van der Waals surface area contributed by atoms with Crippen LogP contribution in [0.1, 0.15) is 46.5 Å². The molecule has 112 valence electrons. The quantitative estimate of drug-likeness (QED) is 0.420. The highest BCUT2D eigenvalue weighted by Crippen LogP contribution is 2.06. The Morgan fingerprint density at radius 2 is 1.84 bits per heavy atom. The van der Waals surface area contributed by atoms with Crippen molar-refractivity contribution in [3.8, 4) is 0 Å². The van der Waals surface area contributed by atoms with E-state index in [0.717, 1.165) is 19.3 Å². The van der Waals surface area contributed by atoms with Gasteiger partial charge in [-0.25, -0.2) is 4.79 Å². The van der Waals surface area contributed by atoms with Crippen LogP contribution in [-0.2, 0) is 14.3 Å². The van der Waals surface area contributed by atoms with Crippen LogP contribution in [0.15, 0.2) is 0 Å². The number of amides is 1. The van der Waals surface area contributed by atoms with Gasteiger partial charge in [0, 0.05) is 18.3 Å².